The zero-order valence-electron chi connectivity index (χ0n) is 11.0. The third-order valence-electron chi connectivity index (χ3n) is 2.68. The van der Waals surface area contributed by atoms with Gasteiger partial charge in [-0.3, -0.25) is 4.98 Å². The van der Waals surface area contributed by atoms with E-state index in [1.807, 2.05) is 24.3 Å². The lowest BCUT2D eigenvalue weighted by Crippen LogP contribution is -2.24. The quantitative estimate of drug-likeness (QED) is 0.793. The minimum absolute atomic E-state index is 0.676. The first-order valence-electron chi connectivity index (χ1n) is 6.44. The zero-order chi connectivity index (χ0) is 12.8. The van der Waals surface area contributed by atoms with Crippen LogP contribution in [0.3, 0.4) is 0 Å². The second-order valence-electron chi connectivity index (χ2n) is 4.80. The molecule has 0 bridgehead atoms. The molecule has 1 aromatic carbocycles. The van der Waals surface area contributed by atoms with E-state index in [0.29, 0.717) is 12.5 Å². The van der Waals surface area contributed by atoms with Crippen LogP contribution < -0.4 is 10.1 Å². The predicted octanol–water partition coefficient (Wildman–Crippen LogP) is 2.86. The maximum absolute atomic E-state index is 5.69. The topological polar surface area (TPSA) is 34.1 Å². The monoisotopic (exact) mass is 244 g/mol. The molecule has 2 aromatic rings. The van der Waals surface area contributed by atoms with Crippen LogP contribution in [-0.4, -0.2) is 24.7 Å². The van der Waals surface area contributed by atoms with Gasteiger partial charge >= 0.3 is 0 Å². The Bertz CT molecular complexity index is 497. The first kappa shape index (κ1) is 12.8. The molecule has 0 saturated carbocycles. The summed E-state index contributed by atoms with van der Waals surface area (Å²) in [5.41, 5.74) is 0.977. The van der Waals surface area contributed by atoms with Crippen molar-refractivity contribution in [2.24, 2.45) is 5.92 Å². The molecule has 0 fully saturated rings. The summed E-state index contributed by atoms with van der Waals surface area (Å²) in [5, 5.41) is 4.49. The largest absolute Gasteiger partial charge is 0.492 e. The van der Waals surface area contributed by atoms with Crippen molar-refractivity contribution in [3.63, 3.8) is 0 Å². The number of rotatable bonds is 6. The Morgan fingerprint density at radius 2 is 2.17 bits per heavy atom. The second kappa shape index (κ2) is 6.36. The van der Waals surface area contributed by atoms with Gasteiger partial charge in [0.25, 0.3) is 0 Å². The van der Waals surface area contributed by atoms with Crippen molar-refractivity contribution < 1.29 is 4.74 Å². The average Bonchev–Trinajstić information content (AvgIpc) is 2.38. The van der Waals surface area contributed by atoms with Crippen molar-refractivity contribution in [3.8, 4) is 5.75 Å². The second-order valence-corrected chi connectivity index (χ2v) is 4.80. The Hall–Kier alpha value is -1.61. The van der Waals surface area contributed by atoms with Crippen molar-refractivity contribution in [2.75, 3.05) is 19.7 Å². The molecule has 0 saturated heterocycles. The third kappa shape index (κ3) is 3.70. The van der Waals surface area contributed by atoms with Gasteiger partial charge < -0.3 is 10.1 Å². The van der Waals surface area contributed by atoms with Crippen LogP contribution in [0.15, 0.2) is 36.5 Å². The first-order valence-corrected chi connectivity index (χ1v) is 6.44. The lowest BCUT2D eigenvalue weighted by molar-refractivity contribution is 0.311. The average molecular weight is 244 g/mol. The first-order chi connectivity index (χ1) is 8.75. The van der Waals surface area contributed by atoms with Crippen LogP contribution in [0.5, 0.6) is 5.75 Å². The lowest BCUT2D eigenvalue weighted by Gasteiger charge is -2.09. The van der Waals surface area contributed by atoms with Crippen molar-refractivity contribution in [3.05, 3.63) is 36.5 Å². The fourth-order valence-electron chi connectivity index (χ4n) is 1.77. The van der Waals surface area contributed by atoms with Crippen LogP contribution in [0.2, 0.25) is 0 Å². The van der Waals surface area contributed by atoms with Gasteiger partial charge in [0.1, 0.15) is 12.4 Å². The van der Waals surface area contributed by atoms with E-state index >= 15 is 0 Å². The molecular formula is C15H20N2O. The van der Waals surface area contributed by atoms with Crippen LogP contribution in [0, 0.1) is 5.92 Å². The summed E-state index contributed by atoms with van der Waals surface area (Å²) in [6.45, 7) is 6.98. The van der Waals surface area contributed by atoms with Crippen LogP contribution in [-0.2, 0) is 0 Å². The summed E-state index contributed by atoms with van der Waals surface area (Å²) in [7, 11) is 0. The molecule has 0 aliphatic heterocycles. The highest BCUT2D eigenvalue weighted by Gasteiger charge is 1.98. The molecule has 0 spiro atoms. The standard InChI is InChI=1S/C15H20N2O/c1-12(2)11-16-8-9-18-14-6-5-13-4-3-7-17-15(13)10-14/h3-7,10,12,16H,8-9,11H2,1-2H3. The maximum Gasteiger partial charge on any atom is 0.121 e. The summed E-state index contributed by atoms with van der Waals surface area (Å²) in [6.07, 6.45) is 1.80. The minimum atomic E-state index is 0.676. The van der Waals surface area contributed by atoms with Gasteiger partial charge in [-0.1, -0.05) is 19.9 Å². The van der Waals surface area contributed by atoms with Crippen LogP contribution in [0.1, 0.15) is 13.8 Å². The van der Waals surface area contributed by atoms with Crippen molar-refractivity contribution in [1.82, 2.24) is 10.3 Å². The molecule has 0 aliphatic carbocycles. The molecule has 1 heterocycles. The highest BCUT2D eigenvalue weighted by molar-refractivity contribution is 5.79. The number of nitrogens with one attached hydrogen (secondary N) is 1. The number of nitrogens with zero attached hydrogens (tertiary/aromatic N) is 1. The normalized spacial score (nSPS) is 11.1. The van der Waals surface area contributed by atoms with Crippen molar-refractivity contribution >= 4 is 10.9 Å². The van der Waals surface area contributed by atoms with Gasteiger partial charge in [-0.05, 0) is 30.7 Å². The summed E-state index contributed by atoms with van der Waals surface area (Å²) < 4.78 is 5.69. The molecule has 0 aliphatic rings. The summed E-state index contributed by atoms with van der Waals surface area (Å²) >= 11 is 0. The zero-order valence-corrected chi connectivity index (χ0v) is 11.0. The summed E-state index contributed by atoms with van der Waals surface area (Å²) in [5.74, 6) is 1.56. The van der Waals surface area contributed by atoms with Gasteiger partial charge in [-0.2, -0.15) is 0 Å². The Morgan fingerprint density at radius 3 is 3.00 bits per heavy atom. The van der Waals surface area contributed by atoms with E-state index in [4.69, 9.17) is 4.74 Å². The maximum atomic E-state index is 5.69. The van der Waals surface area contributed by atoms with Crippen molar-refractivity contribution in [2.45, 2.75) is 13.8 Å². The van der Waals surface area contributed by atoms with Gasteiger partial charge in [0.05, 0.1) is 5.52 Å². The molecule has 2 rings (SSSR count). The van der Waals surface area contributed by atoms with E-state index in [0.717, 1.165) is 29.7 Å². The molecule has 3 nitrogen and oxygen atoms in total. The Labute approximate surface area is 108 Å². The number of ether oxygens (including phenoxy) is 1. The number of aromatic nitrogens is 1. The molecule has 0 radical (unpaired) electrons. The highest BCUT2D eigenvalue weighted by Crippen LogP contribution is 2.18. The molecule has 18 heavy (non-hydrogen) atoms. The molecule has 1 aromatic heterocycles. The number of hydrogen-bond donors (Lipinski definition) is 1. The van der Waals surface area contributed by atoms with Gasteiger partial charge in [-0.25, -0.2) is 0 Å². The third-order valence-corrected chi connectivity index (χ3v) is 2.68. The molecule has 96 valence electrons. The number of hydrogen-bond acceptors (Lipinski definition) is 3. The van der Waals surface area contributed by atoms with Crippen LogP contribution >= 0.6 is 0 Å². The Kier molecular flexibility index (Phi) is 4.53. The molecule has 0 unspecified atom stereocenters. The number of pyridine rings is 1. The van der Waals surface area contributed by atoms with Gasteiger partial charge in [-0.15, -0.1) is 0 Å². The molecule has 0 atom stereocenters. The molecule has 0 amide bonds. The molecule has 1 N–H and O–H groups in total. The smallest absolute Gasteiger partial charge is 0.121 e. The van der Waals surface area contributed by atoms with Crippen LogP contribution in [0.25, 0.3) is 10.9 Å². The number of fused-ring (bicyclic) bond motifs is 1. The Morgan fingerprint density at radius 1 is 1.28 bits per heavy atom. The fourth-order valence-corrected chi connectivity index (χ4v) is 1.77. The molecule has 3 heteroatoms. The van der Waals surface area contributed by atoms with Gasteiger partial charge in [0, 0.05) is 24.2 Å². The van der Waals surface area contributed by atoms with E-state index in [-0.39, 0.29) is 0 Å². The van der Waals surface area contributed by atoms with Gasteiger partial charge in [0.2, 0.25) is 0 Å². The van der Waals surface area contributed by atoms with Crippen molar-refractivity contribution in [1.29, 1.82) is 0 Å². The minimum Gasteiger partial charge on any atom is -0.492 e. The van der Waals surface area contributed by atoms with E-state index in [1.165, 1.54) is 0 Å². The van der Waals surface area contributed by atoms with Gasteiger partial charge in [0.15, 0.2) is 0 Å². The highest BCUT2D eigenvalue weighted by atomic mass is 16.5. The summed E-state index contributed by atoms with van der Waals surface area (Å²) in [4.78, 5) is 4.31. The van der Waals surface area contributed by atoms with E-state index < -0.39 is 0 Å². The number of benzene rings is 1. The predicted molar refractivity (Wildman–Crippen MR) is 74.9 cm³/mol. The summed E-state index contributed by atoms with van der Waals surface area (Å²) in [6, 6.07) is 10.0. The SMILES string of the molecule is CC(C)CNCCOc1ccc2cccnc2c1. The molecular weight excluding hydrogens is 224 g/mol. The van der Waals surface area contributed by atoms with E-state index in [1.54, 1.807) is 6.20 Å². The Balaban J connectivity index is 1.84. The van der Waals surface area contributed by atoms with E-state index in [2.05, 4.69) is 30.2 Å². The van der Waals surface area contributed by atoms with E-state index in [9.17, 15) is 0 Å². The fraction of sp³-hybridized carbons (Fsp3) is 0.400. The van der Waals surface area contributed by atoms with Crippen LogP contribution in [0.4, 0.5) is 0 Å². The lowest BCUT2D eigenvalue weighted by atomic mass is 10.2.